The number of methoxy groups -OCH3 is 1. The third kappa shape index (κ3) is 3.23. The summed E-state index contributed by atoms with van der Waals surface area (Å²) in [4.78, 5) is 2.48. The minimum atomic E-state index is 0.445. The van der Waals surface area contributed by atoms with Crippen LogP contribution in [0, 0.1) is 11.8 Å². The molecule has 0 aromatic rings. The van der Waals surface area contributed by atoms with Gasteiger partial charge in [0.05, 0.1) is 6.10 Å². The van der Waals surface area contributed by atoms with E-state index in [4.69, 9.17) is 10.5 Å². The Hall–Kier alpha value is -0.120. The second-order valence-electron chi connectivity index (χ2n) is 4.65. The molecule has 14 heavy (non-hydrogen) atoms. The van der Waals surface area contributed by atoms with Gasteiger partial charge in [0.25, 0.3) is 0 Å². The molecule has 1 aliphatic rings. The molecule has 0 spiro atoms. The summed E-state index contributed by atoms with van der Waals surface area (Å²) in [5, 5.41) is 0. The van der Waals surface area contributed by atoms with Crippen molar-refractivity contribution in [1.29, 1.82) is 0 Å². The Morgan fingerprint density at radius 3 is 2.64 bits per heavy atom. The van der Waals surface area contributed by atoms with Crippen molar-refractivity contribution in [2.45, 2.75) is 26.4 Å². The van der Waals surface area contributed by atoms with Crippen molar-refractivity contribution in [1.82, 2.24) is 4.90 Å². The van der Waals surface area contributed by atoms with E-state index in [2.05, 4.69) is 18.7 Å². The van der Waals surface area contributed by atoms with Gasteiger partial charge in [-0.1, -0.05) is 13.8 Å². The predicted octanol–water partition coefficient (Wildman–Crippen LogP) is 0.938. The highest BCUT2D eigenvalue weighted by molar-refractivity contribution is 4.79. The summed E-state index contributed by atoms with van der Waals surface area (Å²) >= 11 is 0. The molecule has 0 aromatic carbocycles. The molecule has 84 valence electrons. The van der Waals surface area contributed by atoms with Crippen LogP contribution in [0.4, 0.5) is 0 Å². The van der Waals surface area contributed by atoms with E-state index in [1.54, 1.807) is 7.11 Å². The van der Waals surface area contributed by atoms with Crippen LogP contribution in [0.2, 0.25) is 0 Å². The molecule has 1 heterocycles. The average Bonchev–Trinajstić information content (AvgIpc) is 2.61. The summed E-state index contributed by atoms with van der Waals surface area (Å²) in [7, 11) is 1.80. The maximum absolute atomic E-state index is 5.76. The first-order chi connectivity index (χ1) is 6.67. The summed E-state index contributed by atoms with van der Waals surface area (Å²) in [6.07, 6.45) is 1.62. The van der Waals surface area contributed by atoms with Gasteiger partial charge in [-0.2, -0.15) is 0 Å². The topological polar surface area (TPSA) is 38.5 Å². The Morgan fingerprint density at radius 1 is 1.50 bits per heavy atom. The first kappa shape index (κ1) is 12.0. The molecule has 0 aliphatic carbocycles. The van der Waals surface area contributed by atoms with Crippen LogP contribution in [0.5, 0.6) is 0 Å². The molecule has 2 atom stereocenters. The predicted molar refractivity (Wildman–Crippen MR) is 59.2 cm³/mol. The normalized spacial score (nSPS) is 25.9. The number of rotatable bonds is 5. The highest BCUT2D eigenvalue weighted by Gasteiger charge is 2.24. The van der Waals surface area contributed by atoms with Crippen LogP contribution in [-0.4, -0.2) is 44.3 Å². The first-order valence-corrected chi connectivity index (χ1v) is 5.62. The lowest BCUT2D eigenvalue weighted by atomic mass is 9.95. The summed E-state index contributed by atoms with van der Waals surface area (Å²) in [5.41, 5.74) is 5.76. The van der Waals surface area contributed by atoms with Crippen molar-refractivity contribution in [3.05, 3.63) is 0 Å². The molecular weight excluding hydrogens is 176 g/mol. The zero-order valence-corrected chi connectivity index (χ0v) is 9.70. The lowest BCUT2D eigenvalue weighted by molar-refractivity contribution is 0.104. The second kappa shape index (κ2) is 5.69. The molecule has 1 aliphatic heterocycles. The van der Waals surface area contributed by atoms with Crippen LogP contribution in [0.15, 0.2) is 0 Å². The van der Waals surface area contributed by atoms with Gasteiger partial charge in [-0.15, -0.1) is 0 Å². The Bertz CT molecular complexity index is 161. The van der Waals surface area contributed by atoms with E-state index < -0.39 is 0 Å². The quantitative estimate of drug-likeness (QED) is 0.718. The van der Waals surface area contributed by atoms with Gasteiger partial charge in [0.1, 0.15) is 0 Å². The van der Waals surface area contributed by atoms with Gasteiger partial charge in [0.2, 0.25) is 0 Å². The molecule has 1 saturated heterocycles. The SMILES string of the molecule is COC1CCN(CC(CN)C(C)C)C1. The summed E-state index contributed by atoms with van der Waals surface area (Å²) in [6.45, 7) is 8.68. The Kier molecular flexibility index (Phi) is 4.85. The number of ether oxygens (including phenoxy) is 1. The Morgan fingerprint density at radius 2 is 2.21 bits per heavy atom. The van der Waals surface area contributed by atoms with Gasteiger partial charge in [-0.05, 0) is 24.8 Å². The van der Waals surface area contributed by atoms with Crippen molar-refractivity contribution in [2.75, 3.05) is 33.3 Å². The van der Waals surface area contributed by atoms with Crippen LogP contribution < -0.4 is 5.73 Å². The molecule has 1 rings (SSSR count). The van der Waals surface area contributed by atoms with Gasteiger partial charge in [0, 0.05) is 26.7 Å². The largest absolute Gasteiger partial charge is 0.380 e. The molecule has 0 radical (unpaired) electrons. The molecule has 3 heteroatoms. The fraction of sp³-hybridized carbons (Fsp3) is 1.00. The molecule has 0 bridgehead atoms. The van der Waals surface area contributed by atoms with Crippen LogP contribution in [0.1, 0.15) is 20.3 Å². The summed E-state index contributed by atoms with van der Waals surface area (Å²) in [6, 6.07) is 0. The smallest absolute Gasteiger partial charge is 0.0710 e. The van der Waals surface area contributed by atoms with E-state index in [9.17, 15) is 0 Å². The van der Waals surface area contributed by atoms with E-state index in [1.165, 1.54) is 13.0 Å². The highest BCUT2D eigenvalue weighted by Crippen LogP contribution is 2.17. The Labute approximate surface area is 87.6 Å². The highest BCUT2D eigenvalue weighted by atomic mass is 16.5. The maximum atomic E-state index is 5.76. The number of likely N-dealkylation sites (tertiary alicyclic amines) is 1. The van der Waals surface area contributed by atoms with Crippen LogP contribution in [0.3, 0.4) is 0 Å². The standard InChI is InChI=1S/C11H24N2O/c1-9(2)10(6-12)7-13-5-4-11(8-13)14-3/h9-11H,4-8,12H2,1-3H3. The summed E-state index contributed by atoms with van der Waals surface area (Å²) in [5.74, 6) is 1.31. The minimum absolute atomic E-state index is 0.445. The molecule has 2 unspecified atom stereocenters. The Balaban J connectivity index is 2.30. The van der Waals surface area contributed by atoms with E-state index in [1.807, 2.05) is 0 Å². The van der Waals surface area contributed by atoms with Crippen LogP contribution >= 0.6 is 0 Å². The molecule has 1 fully saturated rings. The number of hydrogen-bond acceptors (Lipinski definition) is 3. The minimum Gasteiger partial charge on any atom is -0.380 e. The monoisotopic (exact) mass is 200 g/mol. The number of hydrogen-bond donors (Lipinski definition) is 1. The van der Waals surface area contributed by atoms with Gasteiger partial charge in [-0.3, -0.25) is 0 Å². The molecule has 0 amide bonds. The molecule has 2 N–H and O–H groups in total. The van der Waals surface area contributed by atoms with Crippen molar-refractivity contribution in [3.8, 4) is 0 Å². The van der Waals surface area contributed by atoms with E-state index >= 15 is 0 Å². The number of nitrogens with two attached hydrogens (primary N) is 1. The van der Waals surface area contributed by atoms with E-state index in [0.717, 1.165) is 19.6 Å². The third-order valence-electron chi connectivity index (χ3n) is 3.30. The van der Waals surface area contributed by atoms with Gasteiger partial charge in [0.15, 0.2) is 0 Å². The third-order valence-corrected chi connectivity index (χ3v) is 3.30. The van der Waals surface area contributed by atoms with Crippen molar-refractivity contribution in [3.63, 3.8) is 0 Å². The molecule has 0 aromatic heterocycles. The zero-order chi connectivity index (χ0) is 10.6. The molecule has 3 nitrogen and oxygen atoms in total. The van der Waals surface area contributed by atoms with Crippen molar-refractivity contribution in [2.24, 2.45) is 17.6 Å². The van der Waals surface area contributed by atoms with E-state index in [0.29, 0.717) is 17.9 Å². The van der Waals surface area contributed by atoms with Crippen molar-refractivity contribution < 1.29 is 4.74 Å². The maximum Gasteiger partial charge on any atom is 0.0710 e. The number of nitrogens with zero attached hydrogens (tertiary/aromatic N) is 1. The van der Waals surface area contributed by atoms with Gasteiger partial charge < -0.3 is 15.4 Å². The van der Waals surface area contributed by atoms with Gasteiger partial charge >= 0.3 is 0 Å². The molecule has 0 saturated carbocycles. The van der Waals surface area contributed by atoms with Crippen LogP contribution in [0.25, 0.3) is 0 Å². The summed E-state index contributed by atoms with van der Waals surface area (Å²) < 4.78 is 5.34. The van der Waals surface area contributed by atoms with Crippen LogP contribution in [-0.2, 0) is 4.74 Å². The first-order valence-electron chi connectivity index (χ1n) is 5.62. The van der Waals surface area contributed by atoms with Crippen molar-refractivity contribution >= 4 is 0 Å². The second-order valence-corrected chi connectivity index (χ2v) is 4.65. The lowest BCUT2D eigenvalue weighted by Crippen LogP contribution is -2.34. The zero-order valence-electron chi connectivity index (χ0n) is 9.70. The van der Waals surface area contributed by atoms with E-state index in [-0.39, 0.29) is 0 Å². The lowest BCUT2D eigenvalue weighted by Gasteiger charge is -2.25. The van der Waals surface area contributed by atoms with Gasteiger partial charge in [-0.25, -0.2) is 0 Å². The fourth-order valence-electron chi connectivity index (χ4n) is 2.04. The fourth-order valence-corrected chi connectivity index (χ4v) is 2.04. The molecular formula is C11H24N2O. The average molecular weight is 200 g/mol.